The van der Waals surface area contributed by atoms with Gasteiger partial charge in [0.15, 0.2) is 0 Å². The summed E-state index contributed by atoms with van der Waals surface area (Å²) in [5.74, 6) is 2.56. The first-order valence-corrected chi connectivity index (χ1v) is 3.51. The molecule has 1 heteroatoms. The minimum absolute atomic E-state index is 0.235. The molecule has 0 spiro atoms. The summed E-state index contributed by atoms with van der Waals surface area (Å²) in [5.41, 5.74) is 1.22. The van der Waals surface area contributed by atoms with E-state index in [2.05, 4.69) is 12.0 Å². The molecule has 0 heterocycles. The third-order valence-corrected chi connectivity index (χ3v) is 1.29. The second-order valence-corrected chi connectivity index (χ2v) is 2.27. The molecule has 0 aromatic carbocycles. The maximum Gasteiger partial charge on any atom is 0.0468 e. The van der Waals surface area contributed by atoms with E-state index in [-0.39, 0.29) is 6.61 Å². The van der Waals surface area contributed by atoms with Crippen molar-refractivity contribution >= 4 is 0 Å². The fourth-order valence-corrected chi connectivity index (χ4v) is 0.680. The fraction of sp³-hybridized carbons (Fsp3) is 0.556. The molecular formula is C9H14O. The van der Waals surface area contributed by atoms with E-state index in [0.717, 1.165) is 19.3 Å². The zero-order valence-electron chi connectivity index (χ0n) is 6.43. The lowest BCUT2D eigenvalue weighted by atomic mass is 10.2. The first-order chi connectivity index (χ1) is 4.81. The minimum atomic E-state index is 0.235. The van der Waals surface area contributed by atoms with Crippen LogP contribution in [-0.2, 0) is 0 Å². The highest BCUT2D eigenvalue weighted by Gasteiger charge is 1.85. The summed E-state index contributed by atoms with van der Waals surface area (Å²) in [6.45, 7) is 2.24. The normalized spacial score (nSPS) is 11.1. The van der Waals surface area contributed by atoms with Crippen LogP contribution >= 0.6 is 0 Å². The van der Waals surface area contributed by atoms with Crippen LogP contribution in [0.15, 0.2) is 11.6 Å². The van der Waals surface area contributed by atoms with Crippen molar-refractivity contribution in [1.82, 2.24) is 0 Å². The highest BCUT2D eigenvalue weighted by molar-refractivity contribution is 4.99. The molecule has 1 N–H and O–H groups in total. The quantitative estimate of drug-likeness (QED) is 0.356. The third kappa shape index (κ3) is 5.40. The van der Waals surface area contributed by atoms with E-state index < -0.39 is 0 Å². The monoisotopic (exact) mass is 138 g/mol. The lowest BCUT2D eigenvalue weighted by Crippen LogP contribution is -1.83. The Balaban J connectivity index is 3.39. The molecule has 0 aliphatic rings. The van der Waals surface area contributed by atoms with E-state index in [1.807, 2.05) is 6.92 Å². The van der Waals surface area contributed by atoms with Gasteiger partial charge in [0.05, 0.1) is 0 Å². The molecule has 56 valence electrons. The van der Waals surface area contributed by atoms with Crippen LogP contribution in [0.25, 0.3) is 0 Å². The molecule has 1 nitrogen and oxygen atoms in total. The Hall–Kier alpha value is -0.740. The molecule has 0 atom stereocenters. The van der Waals surface area contributed by atoms with Gasteiger partial charge in [-0.15, -0.1) is 12.3 Å². The Labute approximate surface area is 62.8 Å². The number of allylic oxidation sites excluding steroid dienone is 1. The number of aliphatic hydroxyl groups is 1. The molecule has 0 aliphatic carbocycles. The maximum atomic E-state index is 8.51. The molecule has 0 amide bonds. The standard InChI is InChI=1S/C9H14O/c1-3-4-5-6-9(2)7-8-10/h1,6,10H,4-5,7-8H2,2H3/b9-6+. The van der Waals surface area contributed by atoms with Crippen LogP contribution in [0, 0.1) is 12.3 Å². The summed E-state index contributed by atoms with van der Waals surface area (Å²) >= 11 is 0. The van der Waals surface area contributed by atoms with Crippen LogP contribution in [0.3, 0.4) is 0 Å². The van der Waals surface area contributed by atoms with Crippen molar-refractivity contribution in [3.63, 3.8) is 0 Å². The Morgan fingerprint density at radius 2 is 2.40 bits per heavy atom. The molecule has 0 radical (unpaired) electrons. The van der Waals surface area contributed by atoms with Crippen LogP contribution in [0.4, 0.5) is 0 Å². The second kappa shape index (κ2) is 6.38. The van der Waals surface area contributed by atoms with Gasteiger partial charge >= 0.3 is 0 Å². The zero-order valence-corrected chi connectivity index (χ0v) is 6.43. The zero-order chi connectivity index (χ0) is 7.82. The number of rotatable bonds is 4. The third-order valence-electron chi connectivity index (χ3n) is 1.29. The van der Waals surface area contributed by atoms with E-state index in [4.69, 9.17) is 11.5 Å². The van der Waals surface area contributed by atoms with Crippen LogP contribution in [-0.4, -0.2) is 11.7 Å². The van der Waals surface area contributed by atoms with E-state index >= 15 is 0 Å². The Kier molecular flexibility index (Phi) is 5.91. The van der Waals surface area contributed by atoms with Gasteiger partial charge in [-0.3, -0.25) is 0 Å². The summed E-state index contributed by atoms with van der Waals surface area (Å²) in [5, 5.41) is 8.51. The van der Waals surface area contributed by atoms with Crippen molar-refractivity contribution in [3.8, 4) is 12.3 Å². The van der Waals surface area contributed by atoms with E-state index in [9.17, 15) is 0 Å². The van der Waals surface area contributed by atoms with E-state index in [1.54, 1.807) is 0 Å². The Morgan fingerprint density at radius 1 is 1.70 bits per heavy atom. The molecule has 0 unspecified atom stereocenters. The highest BCUT2D eigenvalue weighted by atomic mass is 16.2. The van der Waals surface area contributed by atoms with Gasteiger partial charge in [0.1, 0.15) is 0 Å². The van der Waals surface area contributed by atoms with Gasteiger partial charge < -0.3 is 5.11 Å². The van der Waals surface area contributed by atoms with Crippen LogP contribution in [0.2, 0.25) is 0 Å². The lowest BCUT2D eigenvalue weighted by Gasteiger charge is -1.94. The molecule has 0 aromatic heterocycles. The molecule has 10 heavy (non-hydrogen) atoms. The van der Waals surface area contributed by atoms with E-state index in [0.29, 0.717) is 0 Å². The first kappa shape index (κ1) is 9.26. The molecule has 0 saturated heterocycles. The van der Waals surface area contributed by atoms with Crippen molar-refractivity contribution in [1.29, 1.82) is 0 Å². The van der Waals surface area contributed by atoms with Gasteiger partial charge in [0, 0.05) is 13.0 Å². The SMILES string of the molecule is C#CCC/C=C(\C)CCO. The van der Waals surface area contributed by atoms with Gasteiger partial charge in [0.25, 0.3) is 0 Å². The molecule has 0 aliphatic heterocycles. The van der Waals surface area contributed by atoms with Crippen LogP contribution < -0.4 is 0 Å². The predicted molar refractivity (Wildman–Crippen MR) is 43.5 cm³/mol. The molecule has 0 fully saturated rings. The Bertz CT molecular complexity index is 139. The van der Waals surface area contributed by atoms with Gasteiger partial charge in [0.2, 0.25) is 0 Å². The maximum absolute atomic E-state index is 8.51. The number of unbranched alkanes of at least 4 members (excludes halogenated alkanes) is 1. The lowest BCUT2D eigenvalue weighted by molar-refractivity contribution is 0.299. The second-order valence-electron chi connectivity index (χ2n) is 2.27. The highest BCUT2D eigenvalue weighted by Crippen LogP contribution is 2.01. The topological polar surface area (TPSA) is 20.2 Å². The molecule has 0 rings (SSSR count). The number of aliphatic hydroxyl groups excluding tert-OH is 1. The molecule has 0 saturated carbocycles. The first-order valence-electron chi connectivity index (χ1n) is 3.51. The fourth-order valence-electron chi connectivity index (χ4n) is 0.680. The smallest absolute Gasteiger partial charge is 0.0468 e. The molecular weight excluding hydrogens is 124 g/mol. The van der Waals surface area contributed by atoms with Gasteiger partial charge in [-0.05, 0) is 19.8 Å². The van der Waals surface area contributed by atoms with Crippen LogP contribution in [0.1, 0.15) is 26.2 Å². The van der Waals surface area contributed by atoms with Crippen molar-refractivity contribution < 1.29 is 5.11 Å². The molecule has 0 aromatic rings. The summed E-state index contributed by atoms with van der Waals surface area (Å²) in [7, 11) is 0. The minimum Gasteiger partial charge on any atom is -0.396 e. The number of hydrogen-bond donors (Lipinski definition) is 1. The summed E-state index contributed by atoms with van der Waals surface area (Å²) < 4.78 is 0. The predicted octanol–water partition coefficient (Wildman–Crippen LogP) is 1.73. The van der Waals surface area contributed by atoms with Crippen molar-refractivity contribution in [2.75, 3.05) is 6.61 Å². The van der Waals surface area contributed by atoms with Crippen molar-refractivity contribution in [2.45, 2.75) is 26.2 Å². The Morgan fingerprint density at radius 3 is 2.90 bits per heavy atom. The van der Waals surface area contributed by atoms with Gasteiger partial charge in [-0.2, -0.15) is 0 Å². The van der Waals surface area contributed by atoms with Crippen molar-refractivity contribution in [3.05, 3.63) is 11.6 Å². The van der Waals surface area contributed by atoms with Gasteiger partial charge in [-0.1, -0.05) is 11.6 Å². The largest absolute Gasteiger partial charge is 0.396 e. The van der Waals surface area contributed by atoms with Crippen LogP contribution in [0.5, 0.6) is 0 Å². The summed E-state index contributed by atoms with van der Waals surface area (Å²) in [4.78, 5) is 0. The number of hydrogen-bond acceptors (Lipinski definition) is 1. The summed E-state index contributed by atoms with van der Waals surface area (Å²) in [6.07, 6.45) is 9.64. The van der Waals surface area contributed by atoms with E-state index in [1.165, 1.54) is 5.57 Å². The van der Waals surface area contributed by atoms with Gasteiger partial charge in [-0.25, -0.2) is 0 Å². The average Bonchev–Trinajstić information content (AvgIpc) is 1.89. The average molecular weight is 138 g/mol. The summed E-state index contributed by atoms with van der Waals surface area (Å²) in [6, 6.07) is 0. The molecule has 0 bridgehead atoms. The number of terminal acetylenes is 1. The van der Waals surface area contributed by atoms with Crippen molar-refractivity contribution in [2.24, 2.45) is 0 Å².